The minimum absolute atomic E-state index is 0.00106. The number of hydrogen-bond donors (Lipinski definition) is 2. The number of halogens is 1. The van der Waals surface area contributed by atoms with Crippen molar-refractivity contribution in [2.75, 3.05) is 6.61 Å². The predicted octanol–water partition coefficient (Wildman–Crippen LogP) is 2.56. The summed E-state index contributed by atoms with van der Waals surface area (Å²) in [7, 11) is 0. The fourth-order valence-corrected chi connectivity index (χ4v) is 1.54. The van der Waals surface area contributed by atoms with Crippen LogP contribution in [0.1, 0.15) is 45.8 Å². The van der Waals surface area contributed by atoms with Gasteiger partial charge in [-0.05, 0) is 44.9 Å². The van der Waals surface area contributed by atoms with Crippen LogP contribution in [0.5, 0.6) is 5.75 Å². The van der Waals surface area contributed by atoms with Gasteiger partial charge in [0.25, 0.3) is 5.91 Å². The molecule has 0 saturated heterocycles. The molecule has 1 aromatic carbocycles. The molecule has 0 radical (unpaired) electrons. The second-order valence-corrected chi connectivity index (χ2v) is 5.44. The smallest absolute Gasteiger partial charge is 0.258 e. The van der Waals surface area contributed by atoms with Crippen LogP contribution in [0.2, 0.25) is 0 Å². The summed E-state index contributed by atoms with van der Waals surface area (Å²) in [6.45, 7) is 7.09. The van der Waals surface area contributed by atoms with Gasteiger partial charge in [-0.15, -0.1) is 0 Å². The average molecular weight is 283 g/mol. The number of aliphatic hydroxyl groups is 1. The summed E-state index contributed by atoms with van der Waals surface area (Å²) in [5.41, 5.74) is 0.154. The molecule has 0 bridgehead atoms. The molecule has 0 aromatic heterocycles. The monoisotopic (exact) mass is 283 g/mol. The lowest BCUT2D eigenvalue weighted by molar-refractivity contribution is -0.124. The van der Waals surface area contributed by atoms with Gasteiger partial charge in [-0.3, -0.25) is 4.79 Å². The van der Waals surface area contributed by atoms with Gasteiger partial charge in [-0.1, -0.05) is 13.0 Å². The molecular formula is C15H22FNO3. The van der Waals surface area contributed by atoms with Gasteiger partial charge in [-0.25, -0.2) is 4.39 Å². The van der Waals surface area contributed by atoms with E-state index in [2.05, 4.69) is 5.32 Å². The molecule has 1 aromatic rings. The van der Waals surface area contributed by atoms with Gasteiger partial charge in [0.15, 0.2) is 18.2 Å². The standard InChI is InChI=1S/C15H22FNO3/c1-5-15(3,4)17-14(19)9-20-13-7-6-11(10(2)18)8-12(13)16/h6-8,10,18H,5,9H2,1-4H3,(H,17,19)/t10-/m1/s1. The Kier molecular flexibility index (Phi) is 5.51. The highest BCUT2D eigenvalue weighted by Crippen LogP contribution is 2.21. The lowest BCUT2D eigenvalue weighted by atomic mass is 10.0. The zero-order valence-electron chi connectivity index (χ0n) is 12.4. The molecule has 0 fully saturated rings. The Morgan fingerprint density at radius 2 is 2.15 bits per heavy atom. The molecule has 0 aliphatic heterocycles. The van der Waals surface area contributed by atoms with Gasteiger partial charge in [0.2, 0.25) is 0 Å². The third-order valence-corrected chi connectivity index (χ3v) is 3.16. The number of amides is 1. The fraction of sp³-hybridized carbons (Fsp3) is 0.533. The first kappa shape index (κ1) is 16.4. The molecule has 0 spiro atoms. The zero-order valence-corrected chi connectivity index (χ0v) is 12.4. The maximum absolute atomic E-state index is 13.7. The Bertz CT molecular complexity index is 472. The van der Waals surface area contributed by atoms with Crippen molar-refractivity contribution >= 4 is 5.91 Å². The Labute approximate surface area is 119 Å². The predicted molar refractivity (Wildman–Crippen MR) is 75.0 cm³/mol. The first-order valence-electron chi connectivity index (χ1n) is 6.66. The van der Waals surface area contributed by atoms with Gasteiger partial charge >= 0.3 is 0 Å². The number of benzene rings is 1. The quantitative estimate of drug-likeness (QED) is 0.843. The van der Waals surface area contributed by atoms with Crippen molar-refractivity contribution in [2.24, 2.45) is 0 Å². The van der Waals surface area contributed by atoms with E-state index in [1.807, 2.05) is 20.8 Å². The maximum Gasteiger partial charge on any atom is 0.258 e. The van der Waals surface area contributed by atoms with E-state index < -0.39 is 11.9 Å². The average Bonchev–Trinajstić information content (AvgIpc) is 2.36. The second-order valence-electron chi connectivity index (χ2n) is 5.44. The molecule has 4 nitrogen and oxygen atoms in total. The van der Waals surface area contributed by atoms with E-state index >= 15 is 0 Å². The Balaban J connectivity index is 2.60. The molecule has 0 saturated carbocycles. The zero-order chi connectivity index (χ0) is 15.3. The number of hydrogen-bond acceptors (Lipinski definition) is 3. The second kappa shape index (κ2) is 6.70. The van der Waals surface area contributed by atoms with E-state index in [-0.39, 0.29) is 23.8 Å². The summed E-state index contributed by atoms with van der Waals surface area (Å²) in [6.07, 6.45) is 0.0446. The number of rotatable bonds is 6. The largest absolute Gasteiger partial charge is 0.481 e. The first-order chi connectivity index (χ1) is 9.25. The molecule has 112 valence electrons. The number of carbonyl (C=O) groups excluding carboxylic acids is 1. The van der Waals surface area contributed by atoms with Crippen LogP contribution >= 0.6 is 0 Å². The summed E-state index contributed by atoms with van der Waals surface area (Å²) in [5, 5.41) is 12.1. The maximum atomic E-state index is 13.7. The van der Waals surface area contributed by atoms with Crippen LogP contribution in [0.3, 0.4) is 0 Å². The van der Waals surface area contributed by atoms with Crippen molar-refractivity contribution in [2.45, 2.75) is 45.8 Å². The van der Waals surface area contributed by atoms with Gasteiger partial charge in [0, 0.05) is 5.54 Å². The van der Waals surface area contributed by atoms with Gasteiger partial charge in [-0.2, -0.15) is 0 Å². The van der Waals surface area contributed by atoms with E-state index in [0.717, 1.165) is 6.42 Å². The summed E-state index contributed by atoms with van der Waals surface area (Å²) in [4.78, 5) is 11.7. The molecule has 5 heteroatoms. The van der Waals surface area contributed by atoms with Crippen molar-refractivity contribution in [3.8, 4) is 5.75 Å². The summed E-state index contributed by atoms with van der Waals surface area (Å²) < 4.78 is 18.9. The minimum Gasteiger partial charge on any atom is -0.481 e. The molecule has 0 unspecified atom stereocenters. The van der Waals surface area contributed by atoms with Crippen molar-refractivity contribution in [1.29, 1.82) is 0 Å². The Morgan fingerprint density at radius 1 is 1.50 bits per heavy atom. The Morgan fingerprint density at radius 3 is 2.65 bits per heavy atom. The summed E-state index contributed by atoms with van der Waals surface area (Å²) in [6, 6.07) is 4.18. The van der Waals surface area contributed by atoms with Crippen LogP contribution < -0.4 is 10.1 Å². The van der Waals surface area contributed by atoms with Crippen LogP contribution in [-0.2, 0) is 4.79 Å². The van der Waals surface area contributed by atoms with Crippen LogP contribution in [0.4, 0.5) is 4.39 Å². The highest BCUT2D eigenvalue weighted by molar-refractivity contribution is 5.78. The van der Waals surface area contributed by atoms with Crippen molar-refractivity contribution in [1.82, 2.24) is 5.32 Å². The van der Waals surface area contributed by atoms with Crippen LogP contribution in [0.25, 0.3) is 0 Å². The van der Waals surface area contributed by atoms with Gasteiger partial charge in [0.1, 0.15) is 0 Å². The number of nitrogens with one attached hydrogen (secondary N) is 1. The van der Waals surface area contributed by atoms with Crippen molar-refractivity contribution in [3.63, 3.8) is 0 Å². The molecule has 2 N–H and O–H groups in total. The number of ether oxygens (including phenoxy) is 1. The number of aliphatic hydroxyl groups excluding tert-OH is 1. The molecule has 1 rings (SSSR count). The van der Waals surface area contributed by atoms with Crippen LogP contribution in [0.15, 0.2) is 18.2 Å². The van der Waals surface area contributed by atoms with Gasteiger partial charge in [0.05, 0.1) is 6.10 Å². The molecule has 1 atom stereocenters. The molecule has 1 amide bonds. The normalized spacial score (nSPS) is 12.9. The molecular weight excluding hydrogens is 261 g/mol. The summed E-state index contributed by atoms with van der Waals surface area (Å²) in [5.74, 6) is -0.888. The van der Waals surface area contributed by atoms with Crippen molar-refractivity contribution < 1.29 is 19.0 Å². The van der Waals surface area contributed by atoms with E-state index in [4.69, 9.17) is 4.74 Å². The highest BCUT2D eigenvalue weighted by Gasteiger charge is 2.18. The van der Waals surface area contributed by atoms with Crippen LogP contribution in [0, 0.1) is 5.82 Å². The molecule has 0 aliphatic rings. The van der Waals surface area contributed by atoms with E-state index in [1.54, 1.807) is 13.0 Å². The fourth-order valence-electron chi connectivity index (χ4n) is 1.54. The third kappa shape index (κ3) is 4.81. The van der Waals surface area contributed by atoms with E-state index in [9.17, 15) is 14.3 Å². The Hall–Kier alpha value is -1.62. The van der Waals surface area contributed by atoms with Crippen molar-refractivity contribution in [3.05, 3.63) is 29.6 Å². The molecule has 0 heterocycles. The minimum atomic E-state index is -0.743. The highest BCUT2D eigenvalue weighted by atomic mass is 19.1. The lowest BCUT2D eigenvalue weighted by Gasteiger charge is -2.24. The number of carbonyl (C=O) groups is 1. The van der Waals surface area contributed by atoms with Gasteiger partial charge < -0.3 is 15.2 Å². The first-order valence-corrected chi connectivity index (χ1v) is 6.66. The summed E-state index contributed by atoms with van der Waals surface area (Å²) >= 11 is 0. The third-order valence-electron chi connectivity index (χ3n) is 3.16. The van der Waals surface area contributed by atoms with Crippen LogP contribution in [-0.4, -0.2) is 23.2 Å². The SMILES string of the molecule is CCC(C)(C)NC(=O)COc1ccc([C@@H](C)O)cc1F. The molecule has 20 heavy (non-hydrogen) atoms. The van der Waals surface area contributed by atoms with E-state index in [1.165, 1.54) is 12.1 Å². The van der Waals surface area contributed by atoms with E-state index in [0.29, 0.717) is 5.56 Å². The molecule has 0 aliphatic carbocycles. The topological polar surface area (TPSA) is 58.6 Å². The lowest BCUT2D eigenvalue weighted by Crippen LogP contribution is -2.44.